The number of carbonyl (C=O) groups excluding carboxylic acids is 3. The first-order valence-corrected chi connectivity index (χ1v) is 10.1. The van der Waals surface area contributed by atoms with Crippen molar-refractivity contribution in [3.63, 3.8) is 0 Å². The zero-order valence-corrected chi connectivity index (χ0v) is 18.6. The Morgan fingerprint density at radius 2 is 1.34 bits per heavy atom. The van der Waals surface area contributed by atoms with E-state index >= 15 is 0 Å². The van der Waals surface area contributed by atoms with Crippen LogP contribution in [-0.4, -0.2) is 51.4 Å². The number of nitrogens with one attached hydrogen (secondary N) is 1. The SMILES string of the molecule is CCOc1cc(C(=O)OCC(=O)Nc2ccc(C(=O)OC)cc2)cc(OCC)c1OCC. The van der Waals surface area contributed by atoms with Crippen molar-refractivity contribution in [1.82, 2.24) is 0 Å². The fourth-order valence-corrected chi connectivity index (χ4v) is 2.73. The van der Waals surface area contributed by atoms with E-state index in [4.69, 9.17) is 18.9 Å². The molecule has 32 heavy (non-hydrogen) atoms. The van der Waals surface area contributed by atoms with Gasteiger partial charge in [-0.1, -0.05) is 0 Å². The highest BCUT2D eigenvalue weighted by molar-refractivity contribution is 5.96. The second-order valence-electron chi connectivity index (χ2n) is 6.29. The van der Waals surface area contributed by atoms with E-state index in [0.29, 0.717) is 48.3 Å². The zero-order chi connectivity index (χ0) is 23.5. The summed E-state index contributed by atoms with van der Waals surface area (Å²) in [6, 6.07) is 9.09. The molecule has 9 heteroatoms. The van der Waals surface area contributed by atoms with Crippen molar-refractivity contribution in [3.05, 3.63) is 47.5 Å². The minimum absolute atomic E-state index is 0.163. The van der Waals surface area contributed by atoms with Crippen LogP contribution in [0.25, 0.3) is 0 Å². The molecule has 0 aliphatic rings. The summed E-state index contributed by atoms with van der Waals surface area (Å²) in [7, 11) is 1.28. The van der Waals surface area contributed by atoms with Gasteiger partial charge < -0.3 is 29.0 Å². The maximum atomic E-state index is 12.5. The number of benzene rings is 2. The molecule has 2 aromatic rings. The number of esters is 2. The van der Waals surface area contributed by atoms with Gasteiger partial charge in [-0.2, -0.15) is 0 Å². The summed E-state index contributed by atoms with van der Waals surface area (Å²) in [4.78, 5) is 36.1. The van der Waals surface area contributed by atoms with Crippen molar-refractivity contribution >= 4 is 23.5 Å². The lowest BCUT2D eigenvalue weighted by Gasteiger charge is -2.16. The number of methoxy groups -OCH3 is 1. The maximum Gasteiger partial charge on any atom is 0.338 e. The first-order valence-electron chi connectivity index (χ1n) is 10.1. The van der Waals surface area contributed by atoms with E-state index in [1.54, 1.807) is 12.1 Å². The second kappa shape index (κ2) is 12.2. The fourth-order valence-electron chi connectivity index (χ4n) is 2.73. The monoisotopic (exact) mass is 445 g/mol. The standard InChI is InChI=1S/C23H27NO8/c1-5-29-18-12-16(13-19(30-6-2)21(18)31-7-3)23(27)32-14-20(25)24-17-10-8-15(9-11-17)22(26)28-4/h8-13H,5-7,14H2,1-4H3,(H,24,25). The van der Waals surface area contributed by atoms with Crippen LogP contribution in [0.5, 0.6) is 17.2 Å². The van der Waals surface area contributed by atoms with E-state index < -0.39 is 24.5 Å². The van der Waals surface area contributed by atoms with Crippen LogP contribution < -0.4 is 19.5 Å². The second-order valence-corrected chi connectivity index (χ2v) is 6.29. The van der Waals surface area contributed by atoms with Crippen molar-refractivity contribution < 1.29 is 38.1 Å². The molecule has 0 aliphatic heterocycles. The normalized spacial score (nSPS) is 10.1. The lowest BCUT2D eigenvalue weighted by atomic mass is 10.2. The van der Waals surface area contributed by atoms with E-state index in [2.05, 4.69) is 10.1 Å². The lowest BCUT2D eigenvalue weighted by molar-refractivity contribution is -0.119. The molecule has 0 saturated heterocycles. The van der Waals surface area contributed by atoms with Gasteiger partial charge in [0.05, 0.1) is 38.1 Å². The van der Waals surface area contributed by atoms with Gasteiger partial charge in [0.2, 0.25) is 5.75 Å². The largest absolute Gasteiger partial charge is 0.490 e. The fraction of sp³-hybridized carbons (Fsp3) is 0.348. The van der Waals surface area contributed by atoms with Crippen LogP contribution in [0.4, 0.5) is 5.69 Å². The van der Waals surface area contributed by atoms with Crippen molar-refractivity contribution in [1.29, 1.82) is 0 Å². The first kappa shape index (κ1) is 24.5. The minimum atomic E-state index is -0.717. The molecule has 0 aromatic heterocycles. The van der Waals surface area contributed by atoms with Crippen LogP contribution >= 0.6 is 0 Å². The Balaban J connectivity index is 2.06. The third kappa shape index (κ3) is 6.63. The molecule has 0 saturated carbocycles. The third-order valence-corrected chi connectivity index (χ3v) is 4.07. The zero-order valence-electron chi connectivity index (χ0n) is 18.6. The Morgan fingerprint density at radius 1 is 0.781 bits per heavy atom. The molecule has 1 amide bonds. The van der Waals surface area contributed by atoms with Crippen LogP contribution in [-0.2, 0) is 14.3 Å². The number of anilines is 1. The Labute approximate surface area is 186 Å². The molecule has 0 radical (unpaired) electrons. The average molecular weight is 445 g/mol. The molecule has 0 atom stereocenters. The average Bonchev–Trinajstić information content (AvgIpc) is 2.79. The summed E-state index contributed by atoms with van der Waals surface area (Å²) < 4.78 is 26.5. The predicted molar refractivity (Wildman–Crippen MR) is 117 cm³/mol. The summed E-state index contributed by atoms with van der Waals surface area (Å²) in [5.74, 6) is -0.632. The molecule has 9 nitrogen and oxygen atoms in total. The molecule has 172 valence electrons. The van der Waals surface area contributed by atoms with Gasteiger partial charge in [-0.05, 0) is 57.2 Å². The smallest absolute Gasteiger partial charge is 0.338 e. The molecular formula is C23H27NO8. The van der Waals surface area contributed by atoms with Gasteiger partial charge in [0.1, 0.15) is 0 Å². The number of hydrogen-bond acceptors (Lipinski definition) is 8. The Hall–Kier alpha value is -3.75. The quantitative estimate of drug-likeness (QED) is 0.524. The number of carbonyl (C=O) groups is 3. The summed E-state index contributed by atoms with van der Waals surface area (Å²) in [6.07, 6.45) is 0. The topological polar surface area (TPSA) is 109 Å². The molecule has 0 bridgehead atoms. The summed E-state index contributed by atoms with van der Waals surface area (Å²) >= 11 is 0. The highest BCUT2D eigenvalue weighted by Crippen LogP contribution is 2.39. The van der Waals surface area contributed by atoms with E-state index in [1.807, 2.05) is 20.8 Å². The molecule has 0 fully saturated rings. The molecular weight excluding hydrogens is 418 g/mol. The van der Waals surface area contributed by atoms with E-state index in [1.165, 1.54) is 31.4 Å². The van der Waals surface area contributed by atoms with E-state index in [9.17, 15) is 14.4 Å². The summed E-state index contributed by atoms with van der Waals surface area (Å²) in [6.45, 7) is 6.06. The van der Waals surface area contributed by atoms with Gasteiger partial charge in [0, 0.05) is 5.69 Å². The molecule has 0 spiro atoms. The molecule has 2 rings (SSSR count). The van der Waals surface area contributed by atoms with Crippen molar-refractivity contribution in [3.8, 4) is 17.2 Å². The molecule has 0 aliphatic carbocycles. The van der Waals surface area contributed by atoms with Crippen LogP contribution in [0.1, 0.15) is 41.5 Å². The number of rotatable bonds is 11. The number of amides is 1. The van der Waals surface area contributed by atoms with Gasteiger partial charge in [0.15, 0.2) is 18.1 Å². The highest BCUT2D eigenvalue weighted by Gasteiger charge is 2.20. The predicted octanol–water partition coefficient (Wildman–Crippen LogP) is 3.46. The summed E-state index contributed by atoms with van der Waals surface area (Å²) in [5.41, 5.74) is 0.954. The highest BCUT2D eigenvalue weighted by atomic mass is 16.5. The van der Waals surface area contributed by atoms with Gasteiger partial charge in [-0.3, -0.25) is 4.79 Å². The van der Waals surface area contributed by atoms with E-state index in [0.717, 1.165) is 0 Å². The Bertz CT molecular complexity index is 913. The molecule has 0 unspecified atom stereocenters. The Morgan fingerprint density at radius 3 is 1.84 bits per heavy atom. The van der Waals surface area contributed by atoms with Gasteiger partial charge in [-0.15, -0.1) is 0 Å². The summed E-state index contributed by atoms with van der Waals surface area (Å²) in [5, 5.41) is 2.58. The van der Waals surface area contributed by atoms with Crippen LogP contribution in [0.15, 0.2) is 36.4 Å². The van der Waals surface area contributed by atoms with Crippen LogP contribution in [0.3, 0.4) is 0 Å². The lowest BCUT2D eigenvalue weighted by Crippen LogP contribution is -2.21. The van der Waals surface area contributed by atoms with Gasteiger partial charge in [-0.25, -0.2) is 9.59 Å². The van der Waals surface area contributed by atoms with Gasteiger partial charge >= 0.3 is 11.9 Å². The Kier molecular flexibility index (Phi) is 9.34. The number of hydrogen-bond donors (Lipinski definition) is 1. The maximum absolute atomic E-state index is 12.5. The van der Waals surface area contributed by atoms with Gasteiger partial charge in [0.25, 0.3) is 5.91 Å². The molecule has 0 heterocycles. The third-order valence-electron chi connectivity index (χ3n) is 4.07. The number of ether oxygens (including phenoxy) is 5. The molecule has 2 aromatic carbocycles. The minimum Gasteiger partial charge on any atom is -0.490 e. The van der Waals surface area contributed by atoms with Crippen molar-refractivity contribution in [2.24, 2.45) is 0 Å². The van der Waals surface area contributed by atoms with E-state index in [-0.39, 0.29) is 5.56 Å². The molecule has 1 N–H and O–H groups in total. The van der Waals surface area contributed by atoms with Crippen LogP contribution in [0, 0.1) is 0 Å². The van der Waals surface area contributed by atoms with Crippen molar-refractivity contribution in [2.75, 3.05) is 38.9 Å². The van der Waals surface area contributed by atoms with Crippen LogP contribution in [0.2, 0.25) is 0 Å². The van der Waals surface area contributed by atoms with Crippen molar-refractivity contribution in [2.45, 2.75) is 20.8 Å². The first-order chi connectivity index (χ1) is 15.4.